The molecular formula is C37H25N3OSe. The van der Waals surface area contributed by atoms with Crippen LogP contribution in [0.1, 0.15) is 44.2 Å². The number of nitrogens with one attached hydrogen (secondary N) is 1. The van der Waals surface area contributed by atoms with Crippen molar-refractivity contribution < 1.29 is 4.79 Å². The van der Waals surface area contributed by atoms with Gasteiger partial charge in [-0.25, -0.2) is 0 Å². The molecule has 2 aliphatic carbocycles. The first kappa shape index (κ1) is 25.0. The predicted molar refractivity (Wildman–Crippen MR) is 174 cm³/mol. The molecular weight excluding hydrogens is 581 g/mol. The third kappa shape index (κ3) is 3.45. The van der Waals surface area contributed by atoms with Crippen LogP contribution in [0.3, 0.4) is 0 Å². The summed E-state index contributed by atoms with van der Waals surface area (Å²) in [7, 11) is 0. The van der Waals surface area contributed by atoms with E-state index in [9.17, 15) is 4.79 Å². The number of hydrogen-bond donors (Lipinski definition) is 1. The predicted octanol–water partition coefficient (Wildman–Crippen LogP) is 8.09. The van der Waals surface area contributed by atoms with E-state index in [0.29, 0.717) is 16.7 Å². The van der Waals surface area contributed by atoms with Crippen molar-refractivity contribution in [2.75, 3.05) is 0 Å². The van der Waals surface area contributed by atoms with Crippen LogP contribution in [0.15, 0.2) is 108 Å². The molecule has 1 N–H and O–H groups in total. The Morgan fingerprint density at radius 2 is 1.48 bits per heavy atom. The molecule has 42 heavy (non-hydrogen) atoms. The van der Waals surface area contributed by atoms with Gasteiger partial charge in [-0.1, -0.05) is 0 Å². The van der Waals surface area contributed by atoms with Crippen LogP contribution < -0.4 is 0 Å². The Labute approximate surface area is 249 Å². The number of Topliss-reactive ketones (excluding diaryl/α,β-unsaturated/α-hetero) is 1. The topological polar surface area (TPSA) is 58.2 Å². The quantitative estimate of drug-likeness (QED) is 0.0942. The van der Waals surface area contributed by atoms with Gasteiger partial charge in [-0.05, 0) is 0 Å². The van der Waals surface area contributed by atoms with Crippen LogP contribution in [-0.4, -0.2) is 37.1 Å². The minimum absolute atomic E-state index is 0.00693. The molecule has 0 saturated heterocycles. The van der Waals surface area contributed by atoms with E-state index < -0.39 is 0 Å². The van der Waals surface area contributed by atoms with Gasteiger partial charge in [0.2, 0.25) is 0 Å². The molecule has 200 valence electrons. The van der Waals surface area contributed by atoms with Crippen LogP contribution in [0.2, 0.25) is 0 Å². The molecule has 6 aromatic rings. The van der Waals surface area contributed by atoms with E-state index in [4.69, 9.17) is 5.41 Å². The number of carbonyl (C=O) groups is 1. The molecule has 2 heterocycles. The van der Waals surface area contributed by atoms with Crippen molar-refractivity contribution in [3.63, 3.8) is 0 Å². The summed E-state index contributed by atoms with van der Waals surface area (Å²) < 4.78 is 5.00. The van der Waals surface area contributed by atoms with Gasteiger partial charge < -0.3 is 0 Å². The van der Waals surface area contributed by atoms with Gasteiger partial charge in [0, 0.05) is 0 Å². The third-order valence-corrected chi connectivity index (χ3v) is 11.6. The number of carbonyl (C=O) groups excluding carboxylic acids is 1. The molecule has 2 aromatic heterocycles. The average Bonchev–Trinajstić information content (AvgIpc) is 3.71. The Kier molecular flexibility index (Phi) is 5.41. The van der Waals surface area contributed by atoms with Gasteiger partial charge in [0.1, 0.15) is 0 Å². The second kappa shape index (κ2) is 9.11. The van der Waals surface area contributed by atoms with Gasteiger partial charge in [-0.3, -0.25) is 0 Å². The molecule has 0 aliphatic heterocycles. The Hall–Kier alpha value is -4.79. The summed E-state index contributed by atoms with van der Waals surface area (Å²) in [4.78, 5) is 17.3. The maximum absolute atomic E-state index is 13.4. The van der Waals surface area contributed by atoms with E-state index in [1.165, 1.54) is 53.1 Å². The van der Waals surface area contributed by atoms with Gasteiger partial charge in [0.05, 0.1) is 0 Å². The molecule has 5 heteroatoms. The average molecular weight is 607 g/mol. The standard InChI is InChI=1S/C37H25N3OSe/c1-37(2)32-17-22(40-33-13-7-5-10-26(33)27-11-6-8-14-34(27)40)15-16-25(32)30-19-23(42-36(30)37)18-29-31(20-39-21-38)24-9-3-4-12-28(24)35(29)41/h3-19,21,38H,1-2H3/b29-18-,38-21?. The Morgan fingerprint density at radius 3 is 2.19 bits per heavy atom. The molecule has 0 saturated carbocycles. The number of fused-ring (bicyclic) bond motifs is 7. The van der Waals surface area contributed by atoms with Gasteiger partial charge in [-0.15, -0.1) is 0 Å². The molecule has 2 aliphatic rings. The first-order valence-electron chi connectivity index (χ1n) is 13.9. The minimum atomic E-state index is -0.126. The number of benzene rings is 4. The molecule has 4 aromatic carbocycles. The molecule has 0 fully saturated rings. The van der Waals surface area contributed by atoms with E-state index in [2.05, 4.69) is 102 Å². The summed E-state index contributed by atoms with van der Waals surface area (Å²) in [5, 5.41) is 9.87. The van der Waals surface area contributed by atoms with Crippen molar-refractivity contribution in [3.8, 4) is 16.8 Å². The van der Waals surface area contributed by atoms with Gasteiger partial charge in [0.25, 0.3) is 0 Å². The van der Waals surface area contributed by atoms with E-state index in [-0.39, 0.29) is 25.7 Å². The number of hydrogen-bond acceptors (Lipinski definition) is 2. The summed E-state index contributed by atoms with van der Waals surface area (Å²) in [6.07, 6.45) is 2.99. The molecule has 0 atom stereocenters. The fourth-order valence-electron chi connectivity index (χ4n) is 6.69. The van der Waals surface area contributed by atoms with Crippen LogP contribution in [0, 0.1) is 5.41 Å². The number of allylic oxidation sites excluding steroid dienone is 2. The van der Waals surface area contributed by atoms with Crippen LogP contribution in [-0.2, 0) is 5.41 Å². The normalized spacial score (nSPS) is 15.6. The van der Waals surface area contributed by atoms with Crippen LogP contribution in [0.25, 0.3) is 50.3 Å². The number of aromatic nitrogens is 1. The molecule has 0 bridgehead atoms. The molecule has 8 rings (SSSR count). The first-order chi connectivity index (χ1) is 20.5. The molecule has 0 radical (unpaired) electrons. The van der Waals surface area contributed by atoms with E-state index in [1.54, 1.807) is 0 Å². The summed E-state index contributed by atoms with van der Waals surface area (Å²) in [6.45, 7) is 4.66. The zero-order valence-electron chi connectivity index (χ0n) is 23.1. The van der Waals surface area contributed by atoms with E-state index >= 15 is 0 Å². The Bertz CT molecular complexity index is 2200. The zero-order chi connectivity index (χ0) is 28.6. The summed E-state index contributed by atoms with van der Waals surface area (Å²) >= 11 is 0.0662. The van der Waals surface area contributed by atoms with Crippen LogP contribution in [0.4, 0.5) is 0 Å². The van der Waals surface area contributed by atoms with Crippen molar-refractivity contribution in [2.24, 2.45) is 4.99 Å². The first-order valence-corrected chi connectivity index (χ1v) is 15.6. The van der Waals surface area contributed by atoms with Gasteiger partial charge in [-0.2, -0.15) is 0 Å². The van der Waals surface area contributed by atoms with E-state index in [0.717, 1.165) is 11.9 Å². The van der Waals surface area contributed by atoms with Crippen molar-refractivity contribution >= 4 is 66.0 Å². The molecule has 0 spiro atoms. The van der Waals surface area contributed by atoms with Crippen LogP contribution in [0.5, 0.6) is 0 Å². The number of nitrogens with zero attached hydrogens (tertiary/aromatic N) is 2. The summed E-state index contributed by atoms with van der Waals surface area (Å²) in [5.74, 6) is 2.94. The molecule has 4 nitrogen and oxygen atoms in total. The fraction of sp³-hybridized carbons (Fsp3) is 0.0811. The van der Waals surface area contributed by atoms with Gasteiger partial charge in [0.15, 0.2) is 0 Å². The molecule has 0 unspecified atom stereocenters. The Balaban J connectivity index is 1.26. The summed E-state index contributed by atoms with van der Waals surface area (Å²) in [6, 6.07) is 34.0. The summed E-state index contributed by atoms with van der Waals surface area (Å²) in [5.41, 5.74) is 10.2. The number of ketones is 1. The number of aliphatic imine (C=N–C) groups is 1. The SMILES string of the molecule is CC1(C)c2cc(-n3c4ccccc4c4ccccc43)ccc2-c2cc(/C=C3\C(=O)c4ccccc4C3=C=NC=N)[se]c21. The zero-order valence-corrected chi connectivity index (χ0v) is 24.8. The van der Waals surface area contributed by atoms with E-state index in [1.807, 2.05) is 30.3 Å². The Morgan fingerprint density at radius 1 is 0.810 bits per heavy atom. The molecule has 0 amide bonds. The van der Waals surface area contributed by atoms with Crippen molar-refractivity contribution in [1.82, 2.24) is 4.57 Å². The number of rotatable bonds is 3. The second-order valence-electron chi connectivity index (χ2n) is 11.3. The van der Waals surface area contributed by atoms with Crippen LogP contribution >= 0.6 is 0 Å². The van der Waals surface area contributed by atoms with Crippen molar-refractivity contribution in [2.45, 2.75) is 19.3 Å². The fourth-order valence-corrected chi connectivity index (χ4v) is 9.28. The monoisotopic (exact) mass is 607 g/mol. The van der Waals surface area contributed by atoms with Crippen molar-refractivity contribution in [3.05, 3.63) is 128 Å². The maximum atomic E-state index is 13.4. The van der Waals surface area contributed by atoms with Crippen molar-refractivity contribution in [1.29, 1.82) is 5.41 Å². The second-order valence-corrected chi connectivity index (χ2v) is 13.6. The third-order valence-electron chi connectivity index (χ3n) is 8.61. The van der Waals surface area contributed by atoms with Gasteiger partial charge >= 0.3 is 250 Å². The number of para-hydroxylation sites is 2.